The van der Waals surface area contributed by atoms with Crippen LogP contribution in [0.15, 0.2) is 0 Å². The number of carbonyl (C=O) groups is 4. The number of amides is 6. The van der Waals surface area contributed by atoms with Gasteiger partial charge in [0, 0.05) is 28.2 Å². The number of urea groups is 2. The highest BCUT2D eigenvalue weighted by atomic mass is 16.2. The van der Waals surface area contributed by atoms with Crippen molar-refractivity contribution < 1.29 is 19.2 Å². The molecule has 9 nitrogen and oxygen atoms in total. The highest BCUT2D eigenvalue weighted by molar-refractivity contribution is 6.22. The largest absolute Gasteiger partial charge is 0.340 e. The number of nitrogens with zero attached hydrogens (tertiary/aromatic N) is 4. The predicted molar refractivity (Wildman–Crippen MR) is 57.7 cm³/mol. The third kappa shape index (κ3) is 1.13. The van der Waals surface area contributed by atoms with Crippen molar-refractivity contribution in [3.05, 3.63) is 0 Å². The average Bonchev–Trinajstić information content (AvgIpc) is 2.50. The van der Waals surface area contributed by atoms with Gasteiger partial charge in [-0.25, -0.2) is 9.59 Å². The summed E-state index contributed by atoms with van der Waals surface area (Å²) in [7, 11) is 5.23. The molecule has 1 atom stereocenters. The molecule has 0 radical (unpaired) electrons. The first-order valence-corrected chi connectivity index (χ1v) is 5.14. The van der Waals surface area contributed by atoms with E-state index in [1.54, 1.807) is 0 Å². The van der Waals surface area contributed by atoms with Gasteiger partial charge in [0.1, 0.15) is 0 Å². The average molecular weight is 255 g/mol. The summed E-state index contributed by atoms with van der Waals surface area (Å²) in [4.78, 5) is 50.3. The van der Waals surface area contributed by atoms with Crippen LogP contribution in [0.1, 0.15) is 0 Å². The Hall–Kier alpha value is -2.16. The summed E-state index contributed by atoms with van der Waals surface area (Å²) in [6, 6.07) is -1.22. The minimum atomic E-state index is -1.87. The number of nitrogens with one attached hydrogen (secondary N) is 1. The summed E-state index contributed by atoms with van der Waals surface area (Å²) < 4.78 is 0. The van der Waals surface area contributed by atoms with Gasteiger partial charge in [0.05, 0.1) is 0 Å². The number of hydrazine groups is 1. The molecule has 0 aliphatic carbocycles. The number of carbonyl (C=O) groups excluding carboxylic acids is 4. The molecule has 18 heavy (non-hydrogen) atoms. The van der Waals surface area contributed by atoms with Crippen LogP contribution in [0, 0.1) is 0 Å². The molecule has 0 aromatic rings. The minimum absolute atomic E-state index is 0.603. The highest BCUT2D eigenvalue weighted by Gasteiger charge is 2.64. The van der Waals surface area contributed by atoms with E-state index in [1.165, 1.54) is 28.2 Å². The smallest absolute Gasteiger partial charge is 0.291 e. The van der Waals surface area contributed by atoms with Gasteiger partial charge in [0.2, 0.25) is 0 Å². The van der Waals surface area contributed by atoms with E-state index in [0.717, 1.165) is 19.7 Å². The lowest BCUT2D eigenvalue weighted by Crippen LogP contribution is -2.77. The van der Waals surface area contributed by atoms with Gasteiger partial charge in [-0.1, -0.05) is 0 Å². The molecule has 2 aliphatic heterocycles. The summed E-state index contributed by atoms with van der Waals surface area (Å²) in [5.41, 5.74) is 0.617. The fourth-order valence-corrected chi connectivity index (χ4v) is 2.09. The maximum Gasteiger partial charge on any atom is 0.340 e. The second-order valence-corrected chi connectivity index (χ2v) is 4.23. The van der Waals surface area contributed by atoms with Gasteiger partial charge >= 0.3 is 12.1 Å². The Morgan fingerprint density at radius 3 is 1.67 bits per heavy atom. The van der Waals surface area contributed by atoms with E-state index in [-0.39, 0.29) is 0 Å². The molecule has 0 unspecified atom stereocenters. The van der Waals surface area contributed by atoms with Crippen molar-refractivity contribution >= 4 is 23.9 Å². The molecule has 0 bridgehead atoms. The zero-order valence-corrected chi connectivity index (χ0v) is 10.4. The molecule has 2 heterocycles. The van der Waals surface area contributed by atoms with Crippen LogP contribution in [0.4, 0.5) is 9.59 Å². The third-order valence-corrected chi connectivity index (χ3v) is 3.21. The van der Waals surface area contributed by atoms with Crippen molar-refractivity contribution in [1.29, 1.82) is 0 Å². The zero-order valence-electron chi connectivity index (χ0n) is 10.4. The Balaban J connectivity index is 2.54. The lowest BCUT2D eigenvalue weighted by atomic mass is 10.1. The number of rotatable bonds is 0. The summed E-state index contributed by atoms with van der Waals surface area (Å²) in [6.07, 6.45) is 0. The van der Waals surface area contributed by atoms with Crippen molar-refractivity contribution in [3.63, 3.8) is 0 Å². The number of hydrogen-bond acceptors (Lipinski definition) is 5. The lowest BCUT2D eigenvalue weighted by Gasteiger charge is -2.42. The van der Waals surface area contributed by atoms with Gasteiger partial charge in [-0.3, -0.25) is 29.3 Å². The number of likely N-dealkylation sites (N-methyl/N-ethyl adjacent to an activating group) is 3. The van der Waals surface area contributed by atoms with E-state index in [4.69, 9.17) is 0 Å². The van der Waals surface area contributed by atoms with Crippen LogP contribution in [0.25, 0.3) is 0 Å². The Labute approximate surface area is 103 Å². The summed E-state index contributed by atoms with van der Waals surface area (Å²) in [6.45, 7) is 0. The van der Waals surface area contributed by atoms with Crippen molar-refractivity contribution in [3.8, 4) is 0 Å². The maximum absolute atomic E-state index is 12.2. The van der Waals surface area contributed by atoms with E-state index in [1.807, 2.05) is 0 Å². The summed E-state index contributed by atoms with van der Waals surface area (Å²) >= 11 is 0. The van der Waals surface area contributed by atoms with Crippen LogP contribution >= 0.6 is 0 Å². The zero-order chi connectivity index (χ0) is 13.8. The molecule has 98 valence electrons. The fourth-order valence-electron chi connectivity index (χ4n) is 2.09. The monoisotopic (exact) mass is 255 g/mol. The topological polar surface area (TPSA) is 93.3 Å². The first-order chi connectivity index (χ1) is 8.25. The Morgan fingerprint density at radius 2 is 1.28 bits per heavy atom. The van der Waals surface area contributed by atoms with Gasteiger partial charge < -0.3 is 0 Å². The number of hydrogen-bond donors (Lipinski definition) is 1. The van der Waals surface area contributed by atoms with Gasteiger partial charge in [0.15, 0.2) is 0 Å². The van der Waals surface area contributed by atoms with E-state index in [2.05, 4.69) is 5.43 Å². The van der Waals surface area contributed by atoms with Crippen molar-refractivity contribution in [1.82, 2.24) is 25.1 Å². The first kappa shape index (κ1) is 12.3. The Kier molecular flexibility index (Phi) is 2.34. The SMILES string of the molecule is CN1N[C@@]2(C(=O)N(C)C1=O)C(=O)N(C)C(=O)N2C. The minimum Gasteiger partial charge on any atom is -0.291 e. The lowest BCUT2D eigenvalue weighted by molar-refractivity contribution is -0.156. The van der Waals surface area contributed by atoms with E-state index >= 15 is 0 Å². The molecule has 1 N–H and O–H groups in total. The van der Waals surface area contributed by atoms with Crippen LogP contribution < -0.4 is 5.43 Å². The molecule has 0 saturated carbocycles. The molecular weight excluding hydrogens is 242 g/mol. The fraction of sp³-hybridized carbons (Fsp3) is 0.556. The molecule has 2 rings (SSSR count). The molecule has 2 aliphatic rings. The van der Waals surface area contributed by atoms with Gasteiger partial charge in [-0.2, -0.15) is 5.43 Å². The second kappa shape index (κ2) is 3.42. The van der Waals surface area contributed by atoms with Crippen molar-refractivity contribution in [2.45, 2.75) is 5.66 Å². The summed E-state index contributed by atoms with van der Waals surface area (Å²) in [5, 5.41) is 1.00. The normalized spacial score (nSPS) is 29.1. The van der Waals surface area contributed by atoms with E-state index in [9.17, 15) is 19.2 Å². The quantitative estimate of drug-likeness (QED) is 0.408. The molecule has 1 spiro atoms. The van der Waals surface area contributed by atoms with Gasteiger partial charge in [-0.15, -0.1) is 0 Å². The Bertz CT molecular complexity index is 478. The molecule has 0 aromatic carbocycles. The molecule has 0 aromatic heterocycles. The first-order valence-electron chi connectivity index (χ1n) is 5.14. The molecule has 9 heteroatoms. The number of imide groups is 2. The molecule has 2 saturated heterocycles. The van der Waals surface area contributed by atoms with Gasteiger partial charge in [0.25, 0.3) is 17.5 Å². The predicted octanol–water partition coefficient (Wildman–Crippen LogP) is -1.77. The van der Waals surface area contributed by atoms with Crippen LogP contribution in [-0.2, 0) is 9.59 Å². The molecular formula is C9H13N5O4. The second-order valence-electron chi connectivity index (χ2n) is 4.23. The maximum atomic E-state index is 12.2. The van der Waals surface area contributed by atoms with E-state index in [0.29, 0.717) is 0 Å². The Morgan fingerprint density at radius 1 is 0.833 bits per heavy atom. The van der Waals surface area contributed by atoms with E-state index < -0.39 is 29.5 Å². The van der Waals surface area contributed by atoms with Gasteiger partial charge in [-0.05, 0) is 0 Å². The van der Waals surface area contributed by atoms with Crippen molar-refractivity contribution in [2.75, 3.05) is 28.2 Å². The van der Waals surface area contributed by atoms with Crippen LogP contribution in [0.2, 0.25) is 0 Å². The molecule has 2 fully saturated rings. The summed E-state index contributed by atoms with van der Waals surface area (Å²) in [5.74, 6) is -1.50. The third-order valence-electron chi connectivity index (χ3n) is 3.21. The van der Waals surface area contributed by atoms with Crippen LogP contribution in [-0.4, -0.2) is 77.4 Å². The highest BCUT2D eigenvalue weighted by Crippen LogP contribution is 2.28. The van der Waals surface area contributed by atoms with Crippen LogP contribution in [0.3, 0.4) is 0 Å². The van der Waals surface area contributed by atoms with Crippen molar-refractivity contribution in [2.24, 2.45) is 0 Å². The standard InChI is InChI=1S/C9H13N5O4/c1-11-5(15)9(13(3)7(11)17)6(16)12(2)8(18)14(4)10-9/h10H,1-4H3/t9-/m0/s1. The molecule has 6 amide bonds. The van der Waals surface area contributed by atoms with Crippen LogP contribution in [0.5, 0.6) is 0 Å².